The zero-order chi connectivity index (χ0) is 13.2. The predicted octanol–water partition coefficient (Wildman–Crippen LogP) is 3.23. The van der Waals surface area contributed by atoms with Crippen molar-refractivity contribution in [1.29, 1.82) is 0 Å². The molecule has 0 bridgehead atoms. The maximum atomic E-state index is 11.0. The summed E-state index contributed by atoms with van der Waals surface area (Å²) in [7, 11) is 0. The maximum absolute atomic E-state index is 11.0. The van der Waals surface area contributed by atoms with Crippen LogP contribution in [-0.4, -0.2) is 21.2 Å². The highest BCUT2D eigenvalue weighted by atomic mass is 32.2. The number of aromatic nitrogens is 3. The van der Waals surface area contributed by atoms with Gasteiger partial charge in [0.25, 0.3) is 0 Å². The molecule has 0 aliphatic heterocycles. The Morgan fingerprint density at radius 1 is 1.32 bits per heavy atom. The molecule has 0 saturated heterocycles. The molecule has 0 radical (unpaired) electrons. The summed E-state index contributed by atoms with van der Waals surface area (Å²) in [5, 5.41) is 1.40. The first kappa shape index (κ1) is 11.9. The first-order chi connectivity index (χ1) is 9.26. The van der Waals surface area contributed by atoms with Crippen LogP contribution < -0.4 is 0 Å². The lowest BCUT2D eigenvalue weighted by molar-refractivity contribution is 0.112. The molecule has 19 heavy (non-hydrogen) atoms. The van der Waals surface area contributed by atoms with Gasteiger partial charge in [-0.15, -0.1) is 0 Å². The Labute approximate surface area is 114 Å². The second-order valence-corrected chi connectivity index (χ2v) is 5.16. The minimum atomic E-state index is 0.573. The number of imidazole rings is 1. The Morgan fingerprint density at radius 3 is 3.05 bits per heavy atom. The number of rotatable bonds is 3. The number of benzene rings is 1. The zero-order valence-corrected chi connectivity index (χ0v) is 11.1. The third-order valence-corrected chi connectivity index (χ3v) is 3.66. The van der Waals surface area contributed by atoms with Crippen LogP contribution >= 0.6 is 11.8 Å². The first-order valence-corrected chi connectivity index (χ1v) is 6.62. The van der Waals surface area contributed by atoms with E-state index in [9.17, 15) is 4.79 Å². The minimum absolute atomic E-state index is 0.573. The lowest BCUT2D eigenvalue weighted by atomic mass is 10.2. The third-order valence-electron chi connectivity index (χ3n) is 2.74. The molecule has 0 unspecified atom stereocenters. The van der Waals surface area contributed by atoms with Crippen LogP contribution in [0.2, 0.25) is 0 Å². The van der Waals surface area contributed by atoms with E-state index in [0.29, 0.717) is 10.6 Å². The fourth-order valence-electron chi connectivity index (χ4n) is 1.82. The number of hydrogen-bond donors (Lipinski definition) is 1. The van der Waals surface area contributed by atoms with E-state index in [-0.39, 0.29) is 0 Å². The van der Waals surface area contributed by atoms with Crippen LogP contribution in [0.1, 0.15) is 15.9 Å². The van der Waals surface area contributed by atoms with Gasteiger partial charge in [0, 0.05) is 11.8 Å². The zero-order valence-electron chi connectivity index (χ0n) is 10.3. The molecule has 3 aromatic rings. The molecule has 3 rings (SSSR count). The number of aromatic amines is 1. The number of nitrogens with zero attached hydrogens (tertiary/aromatic N) is 2. The fraction of sp³-hybridized carbons (Fsp3) is 0.0714. The van der Waals surface area contributed by atoms with Crippen molar-refractivity contribution in [3.63, 3.8) is 0 Å². The molecule has 2 heterocycles. The number of nitrogens with one attached hydrogen (secondary N) is 1. The van der Waals surface area contributed by atoms with Gasteiger partial charge in [0.1, 0.15) is 5.03 Å². The largest absolute Gasteiger partial charge is 0.333 e. The van der Waals surface area contributed by atoms with Crippen molar-refractivity contribution in [1.82, 2.24) is 15.0 Å². The molecule has 0 aliphatic rings. The van der Waals surface area contributed by atoms with Gasteiger partial charge in [0.2, 0.25) is 0 Å². The Morgan fingerprint density at radius 2 is 2.21 bits per heavy atom. The van der Waals surface area contributed by atoms with Gasteiger partial charge in [0.05, 0.1) is 11.0 Å². The molecule has 4 nitrogen and oxygen atoms in total. The summed E-state index contributed by atoms with van der Waals surface area (Å²) in [6, 6.07) is 9.54. The molecule has 0 fully saturated rings. The van der Waals surface area contributed by atoms with Gasteiger partial charge < -0.3 is 4.98 Å². The topological polar surface area (TPSA) is 58.6 Å². The number of aldehydes is 1. The minimum Gasteiger partial charge on any atom is -0.333 e. The monoisotopic (exact) mass is 269 g/mol. The first-order valence-electron chi connectivity index (χ1n) is 5.81. The van der Waals surface area contributed by atoms with Gasteiger partial charge in [-0.25, -0.2) is 9.97 Å². The van der Waals surface area contributed by atoms with Crippen molar-refractivity contribution < 1.29 is 4.79 Å². The van der Waals surface area contributed by atoms with Gasteiger partial charge in [-0.2, -0.15) is 0 Å². The van der Waals surface area contributed by atoms with Gasteiger partial charge in [-0.1, -0.05) is 6.07 Å². The van der Waals surface area contributed by atoms with Gasteiger partial charge in [-0.3, -0.25) is 4.79 Å². The Balaban J connectivity index is 1.99. The van der Waals surface area contributed by atoms with Crippen molar-refractivity contribution in [2.24, 2.45) is 0 Å². The number of fused-ring (bicyclic) bond motifs is 1. The van der Waals surface area contributed by atoms with E-state index in [4.69, 9.17) is 0 Å². The van der Waals surface area contributed by atoms with Crippen molar-refractivity contribution in [3.05, 3.63) is 47.7 Å². The summed E-state index contributed by atoms with van der Waals surface area (Å²) < 4.78 is 0. The summed E-state index contributed by atoms with van der Waals surface area (Å²) in [6.07, 6.45) is 2.48. The number of hydrogen-bond acceptors (Lipinski definition) is 4. The standard InChI is InChI=1S/C14H11N3OS/c1-9-4-5-11-12(7-9)17-14(16-11)19-13-10(8-18)3-2-6-15-13/h2-8H,1H3,(H,16,17). The van der Waals surface area contributed by atoms with E-state index in [1.165, 1.54) is 17.3 Å². The molecular formula is C14H11N3OS. The summed E-state index contributed by atoms with van der Waals surface area (Å²) in [4.78, 5) is 22.9. The maximum Gasteiger partial charge on any atom is 0.172 e. The molecular weight excluding hydrogens is 258 g/mol. The van der Waals surface area contributed by atoms with E-state index in [1.54, 1.807) is 18.3 Å². The summed E-state index contributed by atoms with van der Waals surface area (Å²) >= 11 is 1.36. The third kappa shape index (κ3) is 2.37. The molecule has 0 spiro atoms. The van der Waals surface area contributed by atoms with Crippen LogP contribution in [0.15, 0.2) is 46.7 Å². The molecule has 0 amide bonds. The number of aryl methyl sites for hydroxylation is 1. The van der Waals surface area contributed by atoms with E-state index in [0.717, 1.165) is 22.5 Å². The SMILES string of the molecule is Cc1ccc2nc(Sc3ncccc3C=O)[nH]c2c1. The Hall–Kier alpha value is -2.14. The van der Waals surface area contributed by atoms with Crippen LogP contribution in [0, 0.1) is 6.92 Å². The number of carbonyl (C=O) groups is 1. The number of carbonyl (C=O) groups excluding carboxylic acids is 1. The second-order valence-electron chi connectivity index (χ2n) is 4.18. The average molecular weight is 269 g/mol. The fourth-order valence-corrected chi connectivity index (χ4v) is 2.65. The molecule has 0 atom stereocenters. The van der Waals surface area contributed by atoms with Crippen LogP contribution in [-0.2, 0) is 0 Å². The van der Waals surface area contributed by atoms with E-state index in [2.05, 4.69) is 15.0 Å². The smallest absolute Gasteiger partial charge is 0.172 e. The normalized spacial score (nSPS) is 10.8. The molecule has 1 aromatic carbocycles. The van der Waals surface area contributed by atoms with Crippen molar-refractivity contribution in [3.8, 4) is 0 Å². The quantitative estimate of drug-likeness (QED) is 0.742. The summed E-state index contributed by atoms with van der Waals surface area (Å²) in [5.41, 5.74) is 3.66. The average Bonchev–Trinajstić information content (AvgIpc) is 2.80. The highest BCUT2D eigenvalue weighted by Crippen LogP contribution is 2.27. The predicted molar refractivity (Wildman–Crippen MR) is 74.6 cm³/mol. The highest BCUT2D eigenvalue weighted by Gasteiger charge is 2.08. The molecule has 1 N–H and O–H groups in total. The second kappa shape index (κ2) is 4.85. The van der Waals surface area contributed by atoms with Crippen molar-refractivity contribution in [2.45, 2.75) is 17.1 Å². The van der Waals surface area contributed by atoms with E-state index >= 15 is 0 Å². The highest BCUT2D eigenvalue weighted by molar-refractivity contribution is 7.99. The van der Waals surface area contributed by atoms with Gasteiger partial charge in [0.15, 0.2) is 11.4 Å². The summed E-state index contributed by atoms with van der Waals surface area (Å²) in [6.45, 7) is 2.04. The number of pyridine rings is 1. The molecule has 2 aromatic heterocycles. The van der Waals surface area contributed by atoms with Gasteiger partial charge >= 0.3 is 0 Å². The molecule has 94 valence electrons. The van der Waals surface area contributed by atoms with Crippen molar-refractivity contribution >= 4 is 29.1 Å². The Bertz CT molecular complexity index is 751. The number of H-pyrrole nitrogens is 1. The molecule has 0 aliphatic carbocycles. The van der Waals surface area contributed by atoms with Crippen LogP contribution in [0.4, 0.5) is 0 Å². The summed E-state index contributed by atoms with van der Waals surface area (Å²) in [5.74, 6) is 0. The van der Waals surface area contributed by atoms with Crippen molar-refractivity contribution in [2.75, 3.05) is 0 Å². The van der Waals surface area contributed by atoms with Crippen LogP contribution in [0.3, 0.4) is 0 Å². The van der Waals surface area contributed by atoms with E-state index in [1.807, 2.05) is 25.1 Å². The Kier molecular flexibility index (Phi) is 3.05. The molecule has 0 saturated carbocycles. The van der Waals surface area contributed by atoms with Gasteiger partial charge in [-0.05, 0) is 48.5 Å². The van der Waals surface area contributed by atoms with Crippen LogP contribution in [0.25, 0.3) is 11.0 Å². The van der Waals surface area contributed by atoms with Crippen LogP contribution in [0.5, 0.6) is 0 Å². The lowest BCUT2D eigenvalue weighted by Gasteiger charge is -1.99. The lowest BCUT2D eigenvalue weighted by Crippen LogP contribution is -1.88. The van der Waals surface area contributed by atoms with E-state index < -0.39 is 0 Å². The molecule has 5 heteroatoms.